The molecule has 1 heterocycles. The first-order valence-corrected chi connectivity index (χ1v) is 6.47. The molecule has 2 N–H and O–H groups in total. The number of thiocarbonyl (C=S) groups is 1. The molecule has 1 aliphatic rings. The van der Waals surface area contributed by atoms with Crippen LogP contribution >= 0.6 is 12.2 Å². The number of nitrogens with two attached hydrogens (primary N) is 1. The van der Waals surface area contributed by atoms with Crippen LogP contribution in [0, 0.1) is 17.3 Å². The third-order valence-corrected chi connectivity index (χ3v) is 3.87. The van der Waals surface area contributed by atoms with E-state index >= 15 is 0 Å². The van der Waals surface area contributed by atoms with E-state index in [9.17, 15) is 18.0 Å². The fourth-order valence-corrected chi connectivity index (χ4v) is 2.31. The highest BCUT2D eigenvalue weighted by molar-refractivity contribution is 7.80. The predicted octanol–water partition coefficient (Wildman–Crippen LogP) is 2.35. The van der Waals surface area contributed by atoms with Crippen LogP contribution in [-0.4, -0.2) is 35.1 Å². The fourth-order valence-electron chi connectivity index (χ4n) is 2.10. The highest BCUT2D eigenvalue weighted by Crippen LogP contribution is 2.36. The van der Waals surface area contributed by atoms with Crippen LogP contribution in [0.5, 0.6) is 0 Å². The molecule has 2 atom stereocenters. The molecule has 0 aliphatic carbocycles. The fraction of sp³-hybridized carbons (Fsp3) is 0.833. The van der Waals surface area contributed by atoms with Crippen LogP contribution in [0.1, 0.15) is 27.2 Å². The average molecular weight is 296 g/mol. The molecule has 0 bridgehead atoms. The van der Waals surface area contributed by atoms with Gasteiger partial charge in [-0.3, -0.25) is 4.79 Å². The van der Waals surface area contributed by atoms with Crippen LogP contribution in [0.4, 0.5) is 13.2 Å². The average Bonchev–Trinajstić information content (AvgIpc) is 2.53. The highest BCUT2D eigenvalue weighted by atomic mass is 32.1. The molecule has 110 valence electrons. The Kier molecular flexibility index (Phi) is 4.49. The Morgan fingerprint density at radius 2 is 2.00 bits per heavy atom. The van der Waals surface area contributed by atoms with Crippen LogP contribution in [0.3, 0.4) is 0 Å². The third kappa shape index (κ3) is 4.06. The van der Waals surface area contributed by atoms with Crippen LogP contribution in [0.2, 0.25) is 0 Å². The molecule has 0 radical (unpaired) electrons. The molecule has 7 heteroatoms. The summed E-state index contributed by atoms with van der Waals surface area (Å²) in [6.45, 7) is 5.79. The first-order chi connectivity index (χ1) is 8.43. The minimum absolute atomic E-state index is 0.0558. The smallest absolute Gasteiger partial charge is 0.393 e. The Balaban J connectivity index is 2.77. The number of likely N-dealkylation sites (tertiary alicyclic amines) is 1. The topological polar surface area (TPSA) is 46.3 Å². The molecule has 1 saturated heterocycles. The van der Waals surface area contributed by atoms with Gasteiger partial charge in [0.15, 0.2) is 0 Å². The number of hydrogen-bond donors (Lipinski definition) is 1. The molecular formula is C12H19F3N2OS. The van der Waals surface area contributed by atoms with Crippen molar-refractivity contribution in [2.75, 3.05) is 13.1 Å². The number of alkyl halides is 3. The van der Waals surface area contributed by atoms with E-state index < -0.39 is 23.6 Å². The molecule has 0 saturated carbocycles. The molecule has 1 fully saturated rings. The van der Waals surface area contributed by atoms with Crippen molar-refractivity contribution in [3.8, 4) is 0 Å². The zero-order valence-corrected chi connectivity index (χ0v) is 12.1. The van der Waals surface area contributed by atoms with Crippen LogP contribution in [0.25, 0.3) is 0 Å². The first-order valence-electron chi connectivity index (χ1n) is 6.06. The maximum Gasteiger partial charge on any atom is 0.399 e. The van der Waals surface area contributed by atoms with Gasteiger partial charge in [0.2, 0.25) is 5.91 Å². The molecule has 2 unspecified atom stereocenters. The molecule has 19 heavy (non-hydrogen) atoms. The Bertz CT molecular complexity index is 376. The summed E-state index contributed by atoms with van der Waals surface area (Å²) in [5.74, 6) is -2.13. The maximum atomic E-state index is 12.8. The molecule has 0 aromatic heterocycles. The largest absolute Gasteiger partial charge is 0.399 e. The van der Waals surface area contributed by atoms with E-state index in [0.717, 1.165) is 0 Å². The minimum atomic E-state index is -4.51. The number of nitrogens with zero attached hydrogens (tertiary/aromatic N) is 1. The zero-order valence-electron chi connectivity index (χ0n) is 11.3. The van der Waals surface area contributed by atoms with E-state index in [1.165, 1.54) is 4.90 Å². The Labute approximate surface area is 116 Å². The predicted molar refractivity (Wildman–Crippen MR) is 70.5 cm³/mol. The lowest BCUT2D eigenvalue weighted by atomic mass is 9.80. The number of hydrogen-bond acceptors (Lipinski definition) is 2. The lowest BCUT2D eigenvalue weighted by Crippen LogP contribution is -2.44. The van der Waals surface area contributed by atoms with Crippen molar-refractivity contribution in [2.45, 2.75) is 33.4 Å². The van der Waals surface area contributed by atoms with Crippen molar-refractivity contribution in [1.29, 1.82) is 0 Å². The van der Waals surface area contributed by atoms with Crippen molar-refractivity contribution in [3.05, 3.63) is 0 Å². The second kappa shape index (κ2) is 5.26. The van der Waals surface area contributed by atoms with Gasteiger partial charge in [-0.1, -0.05) is 33.0 Å². The van der Waals surface area contributed by atoms with Crippen molar-refractivity contribution in [3.63, 3.8) is 0 Å². The zero-order chi connectivity index (χ0) is 15.0. The minimum Gasteiger partial charge on any atom is -0.393 e. The first kappa shape index (κ1) is 16.2. The highest BCUT2D eigenvalue weighted by Gasteiger charge is 2.45. The van der Waals surface area contributed by atoms with Crippen molar-refractivity contribution < 1.29 is 18.0 Å². The number of rotatable bonds is 3. The lowest BCUT2D eigenvalue weighted by Gasteiger charge is -2.28. The summed E-state index contributed by atoms with van der Waals surface area (Å²) in [6, 6.07) is 0. The van der Waals surface area contributed by atoms with E-state index in [1.807, 2.05) is 20.8 Å². The molecule has 0 spiro atoms. The van der Waals surface area contributed by atoms with Crippen LogP contribution < -0.4 is 5.73 Å². The lowest BCUT2D eigenvalue weighted by molar-refractivity contribution is -0.161. The number of halogens is 3. The molecular weight excluding hydrogens is 277 g/mol. The molecule has 1 amide bonds. The van der Waals surface area contributed by atoms with Gasteiger partial charge in [0.1, 0.15) is 5.92 Å². The quantitative estimate of drug-likeness (QED) is 0.813. The van der Waals surface area contributed by atoms with E-state index in [-0.39, 0.29) is 23.7 Å². The van der Waals surface area contributed by atoms with Crippen LogP contribution in [-0.2, 0) is 4.79 Å². The summed E-state index contributed by atoms with van der Waals surface area (Å²) in [4.78, 5) is 12.4. The van der Waals surface area contributed by atoms with Crippen molar-refractivity contribution in [1.82, 2.24) is 4.90 Å². The molecule has 1 aliphatic heterocycles. The van der Waals surface area contributed by atoms with Crippen molar-refractivity contribution in [2.24, 2.45) is 23.0 Å². The summed E-state index contributed by atoms with van der Waals surface area (Å²) < 4.78 is 38.3. The summed E-state index contributed by atoms with van der Waals surface area (Å²) in [5, 5.41) is 0. The second-order valence-corrected chi connectivity index (χ2v) is 6.53. The van der Waals surface area contributed by atoms with Gasteiger partial charge in [-0.15, -0.1) is 0 Å². The van der Waals surface area contributed by atoms with Crippen molar-refractivity contribution >= 4 is 23.1 Å². The Morgan fingerprint density at radius 1 is 1.47 bits per heavy atom. The van der Waals surface area contributed by atoms with Gasteiger partial charge in [-0.05, 0) is 11.3 Å². The van der Waals surface area contributed by atoms with Gasteiger partial charge in [-0.2, -0.15) is 13.2 Å². The third-order valence-electron chi connectivity index (χ3n) is 3.58. The molecule has 1 rings (SSSR count). The van der Waals surface area contributed by atoms with E-state index in [4.69, 9.17) is 5.73 Å². The van der Waals surface area contributed by atoms with Crippen LogP contribution in [0.15, 0.2) is 0 Å². The summed E-state index contributed by atoms with van der Waals surface area (Å²) in [6.07, 6.45) is -4.22. The Morgan fingerprint density at radius 3 is 2.32 bits per heavy atom. The normalized spacial score (nSPS) is 22.7. The second-order valence-electron chi connectivity index (χ2n) is 6.06. The van der Waals surface area contributed by atoms with Gasteiger partial charge in [0, 0.05) is 19.5 Å². The summed E-state index contributed by atoms with van der Waals surface area (Å²) in [7, 11) is 0. The summed E-state index contributed by atoms with van der Waals surface area (Å²) >= 11 is 4.46. The maximum absolute atomic E-state index is 12.8. The van der Waals surface area contributed by atoms with E-state index in [0.29, 0.717) is 6.54 Å². The Hall–Kier alpha value is -0.850. The SMILES string of the molecule is CC(C)(C)C1CC(=O)N(CC(C(N)=S)C(F)(F)F)C1. The van der Waals surface area contributed by atoms with Gasteiger partial charge in [-0.25, -0.2) is 0 Å². The summed E-state index contributed by atoms with van der Waals surface area (Å²) in [5.41, 5.74) is 5.03. The molecule has 0 aromatic carbocycles. The van der Waals surface area contributed by atoms with Gasteiger partial charge in [0.25, 0.3) is 0 Å². The number of carbonyl (C=O) groups excluding carboxylic acids is 1. The van der Waals surface area contributed by atoms with Gasteiger partial charge < -0.3 is 10.6 Å². The van der Waals surface area contributed by atoms with Gasteiger partial charge in [0.05, 0.1) is 4.99 Å². The van der Waals surface area contributed by atoms with E-state index in [1.54, 1.807) is 0 Å². The van der Waals surface area contributed by atoms with Gasteiger partial charge >= 0.3 is 6.18 Å². The molecule has 0 aromatic rings. The standard InChI is InChI=1S/C12H19F3N2OS/c1-11(2,3)7-4-9(18)17(5-7)6-8(10(16)19)12(13,14)15/h7-8H,4-6H2,1-3H3,(H2,16,19). The monoisotopic (exact) mass is 296 g/mol. The number of carbonyl (C=O) groups is 1. The van der Waals surface area contributed by atoms with E-state index in [2.05, 4.69) is 12.2 Å². The number of amides is 1. The molecule has 3 nitrogen and oxygen atoms in total.